The minimum absolute atomic E-state index is 0.309. The zero-order valence-corrected chi connectivity index (χ0v) is 9.14. The lowest BCUT2D eigenvalue weighted by molar-refractivity contribution is -0.135. The van der Waals surface area contributed by atoms with Crippen LogP contribution in [0.25, 0.3) is 0 Å². The molecule has 0 aliphatic carbocycles. The molecule has 0 fully saturated rings. The van der Waals surface area contributed by atoms with Crippen molar-refractivity contribution in [2.45, 2.75) is 38.5 Å². The second-order valence-corrected chi connectivity index (χ2v) is 3.12. The Kier molecular flexibility index (Phi) is 8.78. The number of carbonyl (C=O) groups excluding carboxylic acids is 2. The summed E-state index contributed by atoms with van der Waals surface area (Å²) in [4.78, 5) is 21.1. The molecule has 0 aromatic heterocycles. The van der Waals surface area contributed by atoms with Crippen LogP contribution >= 0.6 is 23.7 Å². The highest BCUT2D eigenvalue weighted by molar-refractivity contribution is 6.13. The molecule has 0 saturated heterocycles. The molecular formula is C8H12Cl2O4. The van der Waals surface area contributed by atoms with Gasteiger partial charge in [-0.3, -0.25) is 9.59 Å². The van der Waals surface area contributed by atoms with E-state index in [1.165, 1.54) is 0 Å². The van der Waals surface area contributed by atoms with E-state index in [0.717, 1.165) is 12.8 Å². The molecule has 82 valence electrons. The standard InChI is InChI=1S/C8H12Cl2O4/c9-13-7(11)5-3-1-2-4-6-8(12)14-10/h1-6H2. The van der Waals surface area contributed by atoms with E-state index in [1.807, 2.05) is 0 Å². The Balaban J connectivity index is 3.14. The molecule has 0 rings (SSSR count). The van der Waals surface area contributed by atoms with Crippen molar-refractivity contribution in [3.63, 3.8) is 0 Å². The summed E-state index contributed by atoms with van der Waals surface area (Å²) in [5.41, 5.74) is 0. The lowest BCUT2D eigenvalue weighted by atomic mass is 10.1. The fourth-order valence-corrected chi connectivity index (χ4v) is 1.12. The molecule has 0 bridgehead atoms. The summed E-state index contributed by atoms with van der Waals surface area (Å²) in [5.74, 6) is -0.848. The van der Waals surface area contributed by atoms with Crippen molar-refractivity contribution < 1.29 is 18.2 Å². The van der Waals surface area contributed by atoms with Crippen molar-refractivity contribution in [1.82, 2.24) is 0 Å². The smallest absolute Gasteiger partial charge is 0.324 e. The molecule has 0 aliphatic rings. The molecule has 0 aliphatic heterocycles. The predicted octanol–water partition coefficient (Wildman–Crippen LogP) is 2.72. The minimum Gasteiger partial charge on any atom is -0.348 e. The van der Waals surface area contributed by atoms with Gasteiger partial charge in [0.2, 0.25) is 0 Å². The van der Waals surface area contributed by atoms with Crippen LogP contribution in [0.5, 0.6) is 0 Å². The van der Waals surface area contributed by atoms with Gasteiger partial charge in [-0.1, -0.05) is 12.8 Å². The van der Waals surface area contributed by atoms with Crippen LogP contribution in [0.2, 0.25) is 0 Å². The number of hydrogen-bond donors (Lipinski definition) is 0. The second kappa shape index (κ2) is 9.09. The molecule has 0 spiro atoms. The van der Waals surface area contributed by atoms with Crippen LogP contribution in [0.3, 0.4) is 0 Å². The third-order valence-corrected chi connectivity index (χ3v) is 2.03. The Morgan fingerprint density at radius 3 is 1.43 bits per heavy atom. The van der Waals surface area contributed by atoms with Crippen LogP contribution in [-0.2, 0) is 18.2 Å². The van der Waals surface area contributed by atoms with Gasteiger partial charge in [0.25, 0.3) is 0 Å². The van der Waals surface area contributed by atoms with Gasteiger partial charge < -0.3 is 8.58 Å². The number of carbonyl (C=O) groups is 2. The second-order valence-electron chi connectivity index (χ2n) is 2.81. The quantitative estimate of drug-likeness (QED) is 0.645. The SMILES string of the molecule is O=C(CCCCCCC(=O)OCl)OCl. The predicted molar refractivity (Wildman–Crippen MR) is 51.6 cm³/mol. The average molecular weight is 243 g/mol. The molecule has 0 saturated carbocycles. The molecule has 14 heavy (non-hydrogen) atoms. The number of unbranched alkanes of at least 4 members (excludes halogenated alkanes) is 3. The fourth-order valence-electron chi connectivity index (χ4n) is 0.969. The molecular weight excluding hydrogens is 231 g/mol. The van der Waals surface area contributed by atoms with Gasteiger partial charge in [0, 0.05) is 12.8 Å². The first-order valence-electron chi connectivity index (χ1n) is 4.33. The number of rotatable bonds is 7. The van der Waals surface area contributed by atoms with Gasteiger partial charge in [0.05, 0.1) is 0 Å². The number of hydrogen-bond acceptors (Lipinski definition) is 4. The van der Waals surface area contributed by atoms with Gasteiger partial charge in [-0.25, -0.2) is 0 Å². The minimum atomic E-state index is -0.424. The Bertz CT molecular complexity index is 164. The normalized spacial score (nSPS) is 9.57. The van der Waals surface area contributed by atoms with Crippen LogP contribution < -0.4 is 0 Å². The molecule has 4 nitrogen and oxygen atoms in total. The van der Waals surface area contributed by atoms with Gasteiger partial charge in [0.1, 0.15) is 23.7 Å². The zero-order valence-electron chi connectivity index (χ0n) is 7.63. The van der Waals surface area contributed by atoms with Gasteiger partial charge >= 0.3 is 11.9 Å². The maximum Gasteiger partial charge on any atom is 0.324 e. The van der Waals surface area contributed by atoms with E-state index in [2.05, 4.69) is 8.58 Å². The van der Waals surface area contributed by atoms with E-state index in [0.29, 0.717) is 25.7 Å². The molecule has 0 aromatic rings. The van der Waals surface area contributed by atoms with Gasteiger partial charge in [-0.05, 0) is 12.8 Å². The van der Waals surface area contributed by atoms with Gasteiger partial charge in [0.15, 0.2) is 0 Å². The molecule has 0 amide bonds. The van der Waals surface area contributed by atoms with Crippen LogP contribution in [0.4, 0.5) is 0 Å². The third kappa shape index (κ3) is 8.13. The topological polar surface area (TPSA) is 52.6 Å². The van der Waals surface area contributed by atoms with Gasteiger partial charge in [-0.2, -0.15) is 0 Å². The van der Waals surface area contributed by atoms with Crippen molar-refractivity contribution in [2.75, 3.05) is 0 Å². The van der Waals surface area contributed by atoms with Crippen LogP contribution in [-0.4, -0.2) is 11.9 Å². The lowest BCUT2D eigenvalue weighted by Crippen LogP contribution is -1.97. The summed E-state index contributed by atoms with van der Waals surface area (Å²) in [6.07, 6.45) is 3.74. The maximum absolute atomic E-state index is 10.6. The maximum atomic E-state index is 10.6. The van der Waals surface area contributed by atoms with Crippen LogP contribution in [0.15, 0.2) is 0 Å². The summed E-state index contributed by atoms with van der Waals surface area (Å²) in [5, 5.41) is 0. The first-order valence-corrected chi connectivity index (χ1v) is 4.95. The van der Waals surface area contributed by atoms with E-state index in [9.17, 15) is 9.59 Å². The number of halogens is 2. The molecule has 0 radical (unpaired) electrons. The highest BCUT2D eigenvalue weighted by Gasteiger charge is 2.03. The van der Waals surface area contributed by atoms with Crippen molar-refractivity contribution in [3.05, 3.63) is 0 Å². The van der Waals surface area contributed by atoms with Crippen molar-refractivity contribution >= 4 is 35.7 Å². The highest BCUT2D eigenvalue weighted by Crippen LogP contribution is 2.07. The third-order valence-electron chi connectivity index (χ3n) is 1.68. The molecule has 0 heterocycles. The summed E-state index contributed by atoms with van der Waals surface area (Å²) in [7, 11) is 0. The Morgan fingerprint density at radius 2 is 1.14 bits per heavy atom. The molecule has 0 N–H and O–H groups in total. The fraction of sp³-hybridized carbons (Fsp3) is 0.750. The lowest BCUT2D eigenvalue weighted by Gasteiger charge is -1.98. The van der Waals surface area contributed by atoms with E-state index in [-0.39, 0.29) is 0 Å². The van der Waals surface area contributed by atoms with Gasteiger partial charge in [-0.15, -0.1) is 0 Å². The zero-order chi connectivity index (χ0) is 10.8. The van der Waals surface area contributed by atoms with E-state index >= 15 is 0 Å². The molecule has 0 aromatic carbocycles. The Morgan fingerprint density at radius 1 is 0.786 bits per heavy atom. The summed E-state index contributed by atoms with van der Waals surface area (Å²) < 4.78 is 7.91. The first kappa shape index (κ1) is 13.5. The monoisotopic (exact) mass is 242 g/mol. The largest absolute Gasteiger partial charge is 0.348 e. The van der Waals surface area contributed by atoms with Crippen LogP contribution in [0, 0.1) is 0 Å². The summed E-state index contributed by atoms with van der Waals surface area (Å²) >= 11 is 9.65. The molecule has 0 unspecified atom stereocenters. The Hall–Kier alpha value is -0.480. The molecule has 0 atom stereocenters. The summed E-state index contributed by atoms with van der Waals surface area (Å²) in [6, 6.07) is 0. The first-order chi connectivity index (χ1) is 6.70. The average Bonchev–Trinajstić information content (AvgIpc) is 2.22. The van der Waals surface area contributed by atoms with Crippen molar-refractivity contribution in [1.29, 1.82) is 0 Å². The highest BCUT2D eigenvalue weighted by atomic mass is 35.5. The van der Waals surface area contributed by atoms with Crippen molar-refractivity contribution in [2.24, 2.45) is 0 Å². The molecule has 6 heteroatoms. The van der Waals surface area contributed by atoms with E-state index in [4.69, 9.17) is 23.7 Å². The summed E-state index contributed by atoms with van der Waals surface area (Å²) in [6.45, 7) is 0. The van der Waals surface area contributed by atoms with E-state index < -0.39 is 11.9 Å². The van der Waals surface area contributed by atoms with Crippen molar-refractivity contribution in [3.8, 4) is 0 Å². The Labute approximate surface area is 92.8 Å². The van der Waals surface area contributed by atoms with E-state index in [1.54, 1.807) is 0 Å². The van der Waals surface area contributed by atoms with Crippen LogP contribution in [0.1, 0.15) is 38.5 Å².